The summed E-state index contributed by atoms with van der Waals surface area (Å²) in [6.07, 6.45) is -0.808. The van der Waals surface area contributed by atoms with E-state index in [9.17, 15) is 9.13 Å². The highest BCUT2D eigenvalue weighted by Gasteiger charge is 2.28. The zero-order valence-electron chi connectivity index (χ0n) is 9.59. The second-order valence-corrected chi connectivity index (χ2v) is 7.64. The van der Waals surface area contributed by atoms with E-state index in [1.165, 1.54) is 0 Å². The lowest BCUT2D eigenvalue weighted by molar-refractivity contribution is 0.351. The zero-order chi connectivity index (χ0) is 13.8. The molecule has 1 aromatic carbocycles. The lowest BCUT2D eigenvalue weighted by atomic mass is 10.0. The summed E-state index contributed by atoms with van der Waals surface area (Å²) >= 11 is 0. The summed E-state index contributed by atoms with van der Waals surface area (Å²) in [6, 6.07) is 8.84. The van der Waals surface area contributed by atoms with Crippen molar-refractivity contribution in [2.75, 3.05) is 12.3 Å². The number of hydrogen-bond donors (Lipinski definition) is 4. The second-order valence-electron chi connectivity index (χ2n) is 4.25. The van der Waals surface area contributed by atoms with Gasteiger partial charge in [-0.05, 0) is 17.9 Å². The third-order valence-electron chi connectivity index (χ3n) is 2.36. The van der Waals surface area contributed by atoms with Crippen molar-refractivity contribution in [1.29, 1.82) is 0 Å². The highest BCUT2D eigenvalue weighted by molar-refractivity contribution is 7.52. The molecule has 0 bridgehead atoms. The summed E-state index contributed by atoms with van der Waals surface area (Å²) in [7, 11) is -8.58. The fourth-order valence-electron chi connectivity index (χ4n) is 1.81. The summed E-state index contributed by atoms with van der Waals surface area (Å²) < 4.78 is 21.9. The standard InChI is InChI=1S/C10H16O6P2/c11-17(12,13)7-10(8-18(14,15)16)6-9-4-2-1-3-5-9/h1-5,10H,6-8H2,(H2,11,12,13)(H2,14,15,16). The molecule has 0 aliphatic carbocycles. The van der Waals surface area contributed by atoms with E-state index in [1.807, 2.05) is 0 Å². The molecule has 0 amide bonds. The van der Waals surface area contributed by atoms with Crippen LogP contribution < -0.4 is 0 Å². The predicted molar refractivity (Wildman–Crippen MR) is 67.5 cm³/mol. The van der Waals surface area contributed by atoms with E-state index in [2.05, 4.69) is 0 Å². The van der Waals surface area contributed by atoms with Crippen LogP contribution >= 0.6 is 15.2 Å². The average Bonchev–Trinajstić information content (AvgIpc) is 2.13. The highest BCUT2D eigenvalue weighted by Crippen LogP contribution is 2.44. The van der Waals surface area contributed by atoms with Gasteiger partial charge in [-0.1, -0.05) is 30.3 Å². The van der Waals surface area contributed by atoms with E-state index in [0.717, 1.165) is 5.56 Å². The molecule has 0 aromatic heterocycles. The Kier molecular flexibility index (Phi) is 5.29. The fraction of sp³-hybridized carbons (Fsp3) is 0.400. The van der Waals surface area contributed by atoms with E-state index >= 15 is 0 Å². The first-order valence-electron chi connectivity index (χ1n) is 5.29. The minimum absolute atomic E-state index is 0.233. The van der Waals surface area contributed by atoms with Gasteiger partial charge in [-0.3, -0.25) is 9.13 Å². The Bertz CT molecular complexity index is 439. The molecule has 1 rings (SSSR count). The van der Waals surface area contributed by atoms with Gasteiger partial charge in [0.25, 0.3) is 0 Å². The Morgan fingerprint density at radius 3 is 1.72 bits per heavy atom. The van der Waals surface area contributed by atoms with Gasteiger partial charge in [-0.2, -0.15) is 0 Å². The first-order chi connectivity index (χ1) is 8.16. The maximum Gasteiger partial charge on any atom is 0.325 e. The number of rotatable bonds is 6. The Hall–Kier alpha value is -0.480. The average molecular weight is 294 g/mol. The van der Waals surface area contributed by atoms with E-state index in [4.69, 9.17) is 19.6 Å². The molecule has 102 valence electrons. The Labute approximate surface area is 105 Å². The second kappa shape index (κ2) is 6.11. The van der Waals surface area contributed by atoms with Gasteiger partial charge in [0.2, 0.25) is 0 Å². The molecule has 8 heteroatoms. The van der Waals surface area contributed by atoms with Crippen molar-refractivity contribution in [3.8, 4) is 0 Å². The Morgan fingerprint density at radius 2 is 1.33 bits per heavy atom. The van der Waals surface area contributed by atoms with Crippen LogP contribution in [-0.2, 0) is 15.6 Å². The van der Waals surface area contributed by atoms with Gasteiger partial charge in [0, 0.05) is 0 Å². The summed E-state index contributed by atoms with van der Waals surface area (Å²) in [5.41, 5.74) is 0.796. The third kappa shape index (κ3) is 7.07. The first-order valence-corrected chi connectivity index (χ1v) is 8.88. The molecule has 4 N–H and O–H groups in total. The van der Waals surface area contributed by atoms with Crippen LogP contribution in [0, 0.1) is 5.92 Å². The molecule has 0 radical (unpaired) electrons. The van der Waals surface area contributed by atoms with Crippen LogP contribution in [0.5, 0.6) is 0 Å². The van der Waals surface area contributed by atoms with Gasteiger partial charge < -0.3 is 19.6 Å². The van der Waals surface area contributed by atoms with Crippen molar-refractivity contribution >= 4 is 15.2 Å². The molecule has 0 heterocycles. The minimum Gasteiger partial charge on any atom is -0.324 e. The van der Waals surface area contributed by atoms with Crippen LogP contribution in [0.15, 0.2) is 30.3 Å². The first kappa shape index (κ1) is 15.6. The van der Waals surface area contributed by atoms with E-state index in [-0.39, 0.29) is 6.42 Å². The van der Waals surface area contributed by atoms with Crippen LogP contribution in [0.3, 0.4) is 0 Å². The molecule has 18 heavy (non-hydrogen) atoms. The zero-order valence-corrected chi connectivity index (χ0v) is 11.4. The Balaban J connectivity index is 2.78. The van der Waals surface area contributed by atoms with Crippen molar-refractivity contribution in [3.63, 3.8) is 0 Å². The van der Waals surface area contributed by atoms with Gasteiger partial charge in [0.15, 0.2) is 0 Å². The molecular weight excluding hydrogens is 278 g/mol. The summed E-state index contributed by atoms with van der Waals surface area (Å²) in [5, 5.41) is 0. The molecule has 1 aromatic rings. The molecule has 0 spiro atoms. The van der Waals surface area contributed by atoms with E-state index in [1.54, 1.807) is 30.3 Å². The molecule has 6 nitrogen and oxygen atoms in total. The molecule has 0 saturated heterocycles. The summed E-state index contributed by atoms with van der Waals surface area (Å²) in [5.74, 6) is -0.742. The lowest BCUT2D eigenvalue weighted by Gasteiger charge is -2.18. The lowest BCUT2D eigenvalue weighted by Crippen LogP contribution is -2.15. The topological polar surface area (TPSA) is 115 Å². The van der Waals surface area contributed by atoms with Crippen molar-refractivity contribution in [2.45, 2.75) is 6.42 Å². The highest BCUT2D eigenvalue weighted by atomic mass is 31.2. The third-order valence-corrected chi connectivity index (χ3v) is 4.34. The molecule has 0 aliphatic rings. The van der Waals surface area contributed by atoms with E-state index < -0.39 is 33.4 Å². The van der Waals surface area contributed by atoms with Gasteiger partial charge in [-0.15, -0.1) is 0 Å². The maximum absolute atomic E-state index is 11.0. The van der Waals surface area contributed by atoms with Crippen LogP contribution in [0.25, 0.3) is 0 Å². The van der Waals surface area contributed by atoms with Crippen LogP contribution in [0.2, 0.25) is 0 Å². The molecule has 0 fully saturated rings. The maximum atomic E-state index is 11.0. The number of hydrogen-bond acceptors (Lipinski definition) is 2. The molecule has 0 aliphatic heterocycles. The molecule has 0 saturated carbocycles. The predicted octanol–water partition coefficient (Wildman–Crippen LogP) is 1.20. The van der Waals surface area contributed by atoms with Crippen LogP contribution in [0.4, 0.5) is 0 Å². The van der Waals surface area contributed by atoms with Gasteiger partial charge in [0.05, 0.1) is 12.3 Å². The van der Waals surface area contributed by atoms with Crippen LogP contribution in [-0.4, -0.2) is 31.9 Å². The van der Waals surface area contributed by atoms with Crippen LogP contribution in [0.1, 0.15) is 5.56 Å². The normalized spacial score (nSPS) is 12.9. The molecule has 0 atom stereocenters. The molecule has 0 unspecified atom stereocenters. The van der Waals surface area contributed by atoms with Gasteiger partial charge >= 0.3 is 15.2 Å². The molecular formula is C10H16O6P2. The fourth-order valence-corrected chi connectivity index (χ4v) is 3.87. The quantitative estimate of drug-likeness (QED) is 0.586. The monoisotopic (exact) mass is 294 g/mol. The van der Waals surface area contributed by atoms with Crippen molar-refractivity contribution in [2.24, 2.45) is 5.92 Å². The van der Waals surface area contributed by atoms with E-state index in [0.29, 0.717) is 0 Å². The van der Waals surface area contributed by atoms with Crippen molar-refractivity contribution in [1.82, 2.24) is 0 Å². The van der Waals surface area contributed by atoms with Crippen molar-refractivity contribution in [3.05, 3.63) is 35.9 Å². The smallest absolute Gasteiger partial charge is 0.324 e. The largest absolute Gasteiger partial charge is 0.325 e. The van der Waals surface area contributed by atoms with Gasteiger partial charge in [0.1, 0.15) is 0 Å². The van der Waals surface area contributed by atoms with Crippen molar-refractivity contribution < 1.29 is 28.7 Å². The Morgan fingerprint density at radius 1 is 0.889 bits per heavy atom. The minimum atomic E-state index is -4.29. The number of benzene rings is 1. The van der Waals surface area contributed by atoms with Gasteiger partial charge in [-0.25, -0.2) is 0 Å². The summed E-state index contributed by atoms with van der Waals surface area (Å²) in [4.78, 5) is 35.7. The SMILES string of the molecule is O=P(O)(O)CC(Cc1ccccc1)CP(=O)(O)O. The summed E-state index contributed by atoms with van der Waals surface area (Å²) in [6.45, 7) is 0.